The van der Waals surface area contributed by atoms with Crippen molar-refractivity contribution in [2.24, 2.45) is 7.05 Å². The topological polar surface area (TPSA) is 116 Å². The molecule has 0 saturated heterocycles. The Morgan fingerprint density at radius 3 is 2.56 bits per heavy atom. The smallest absolute Gasteiger partial charge is 0.341 e. The fourth-order valence-electron chi connectivity index (χ4n) is 2.45. The Kier molecular flexibility index (Phi) is 5.21. The summed E-state index contributed by atoms with van der Waals surface area (Å²) < 4.78 is 6.18. The molecule has 0 atom stereocenters. The summed E-state index contributed by atoms with van der Waals surface area (Å²) in [5.74, 6) is -1.25. The number of rotatable bonds is 5. The van der Waals surface area contributed by atoms with Crippen LogP contribution in [0.2, 0.25) is 0 Å². The van der Waals surface area contributed by atoms with Crippen molar-refractivity contribution in [1.29, 1.82) is 0 Å². The van der Waals surface area contributed by atoms with Crippen LogP contribution in [0.1, 0.15) is 43.9 Å². The fraction of sp³-hybridized carbons (Fsp3) is 0.400. The maximum Gasteiger partial charge on any atom is 0.341 e. The van der Waals surface area contributed by atoms with E-state index in [0.29, 0.717) is 10.6 Å². The number of nitrogens with one attached hydrogen (secondary N) is 1. The zero-order chi connectivity index (χ0) is 18.9. The van der Waals surface area contributed by atoms with E-state index < -0.39 is 16.8 Å². The normalized spacial score (nSPS) is 10.6. The minimum absolute atomic E-state index is 0.141. The molecule has 2 aromatic rings. The number of hydrogen-bond donors (Lipinski definition) is 1. The van der Waals surface area contributed by atoms with Gasteiger partial charge >= 0.3 is 11.7 Å². The Balaban J connectivity index is 2.45. The molecule has 0 aliphatic carbocycles. The number of ether oxygens (including phenoxy) is 1. The number of carbonyl (C=O) groups excluding carboxylic acids is 2. The van der Waals surface area contributed by atoms with Gasteiger partial charge in [0, 0.05) is 11.9 Å². The molecule has 0 radical (unpaired) electrons. The largest absolute Gasteiger partial charge is 0.462 e. The summed E-state index contributed by atoms with van der Waals surface area (Å²) in [5.41, 5.74) is 0.569. The molecule has 2 rings (SSSR count). The molecule has 0 unspecified atom stereocenters. The predicted octanol–water partition coefficient (Wildman–Crippen LogP) is 2.74. The van der Waals surface area contributed by atoms with Crippen molar-refractivity contribution in [3.05, 3.63) is 37.5 Å². The van der Waals surface area contributed by atoms with Crippen LogP contribution in [-0.4, -0.2) is 33.2 Å². The molecule has 0 saturated carbocycles. The number of amides is 1. The van der Waals surface area contributed by atoms with E-state index in [4.69, 9.17) is 4.74 Å². The minimum Gasteiger partial charge on any atom is -0.462 e. The van der Waals surface area contributed by atoms with Crippen LogP contribution < -0.4 is 5.32 Å². The molecular weight excluding hydrogens is 348 g/mol. The van der Waals surface area contributed by atoms with E-state index in [1.807, 2.05) is 6.92 Å². The third kappa shape index (κ3) is 3.38. The summed E-state index contributed by atoms with van der Waals surface area (Å²) in [6.45, 7) is 6.91. The molecule has 0 spiro atoms. The third-order valence-corrected chi connectivity index (χ3v) is 4.80. The molecule has 10 heteroatoms. The molecule has 1 amide bonds. The standard InChI is InChI=1S/C15H18N4O5S/c1-6-24-15(21)10-7(2)9(4)25-14(10)16-13(20)12-11(19(22)23)8(3)17-18(12)5/h6H2,1-5H3,(H,16,20). The van der Waals surface area contributed by atoms with Gasteiger partial charge < -0.3 is 10.1 Å². The number of thiophene rings is 1. The second kappa shape index (κ2) is 7.01. The molecule has 134 valence electrons. The molecule has 0 bridgehead atoms. The monoisotopic (exact) mass is 366 g/mol. The summed E-state index contributed by atoms with van der Waals surface area (Å²) in [6.07, 6.45) is 0. The third-order valence-electron chi connectivity index (χ3n) is 3.68. The Labute approximate surface area is 147 Å². The molecular formula is C15H18N4O5S. The molecule has 1 N–H and O–H groups in total. The lowest BCUT2D eigenvalue weighted by molar-refractivity contribution is -0.385. The Morgan fingerprint density at radius 1 is 1.36 bits per heavy atom. The summed E-state index contributed by atoms with van der Waals surface area (Å²) >= 11 is 1.21. The highest BCUT2D eigenvalue weighted by Crippen LogP contribution is 2.34. The molecule has 0 aliphatic heterocycles. The van der Waals surface area contributed by atoms with Crippen molar-refractivity contribution >= 4 is 33.9 Å². The summed E-state index contributed by atoms with van der Waals surface area (Å²) in [6, 6.07) is 0. The van der Waals surface area contributed by atoms with E-state index in [1.165, 1.54) is 25.3 Å². The number of carbonyl (C=O) groups is 2. The van der Waals surface area contributed by atoms with Gasteiger partial charge in [-0.2, -0.15) is 5.10 Å². The van der Waals surface area contributed by atoms with Gasteiger partial charge in [0.05, 0.1) is 17.1 Å². The van der Waals surface area contributed by atoms with Crippen LogP contribution in [0.3, 0.4) is 0 Å². The van der Waals surface area contributed by atoms with Gasteiger partial charge in [0.1, 0.15) is 10.7 Å². The van der Waals surface area contributed by atoms with Crippen molar-refractivity contribution in [3.63, 3.8) is 0 Å². The predicted molar refractivity (Wildman–Crippen MR) is 92.3 cm³/mol. The lowest BCUT2D eigenvalue weighted by Gasteiger charge is -2.07. The minimum atomic E-state index is -0.707. The van der Waals surface area contributed by atoms with Crippen molar-refractivity contribution in [3.8, 4) is 0 Å². The zero-order valence-electron chi connectivity index (χ0n) is 14.5. The number of hydrogen-bond acceptors (Lipinski definition) is 7. The molecule has 2 aromatic heterocycles. The van der Waals surface area contributed by atoms with Crippen molar-refractivity contribution in [2.45, 2.75) is 27.7 Å². The first-order chi connectivity index (χ1) is 11.7. The molecule has 0 aliphatic rings. The average molecular weight is 366 g/mol. The lowest BCUT2D eigenvalue weighted by Crippen LogP contribution is -2.19. The Bertz CT molecular complexity index is 868. The fourth-order valence-corrected chi connectivity index (χ4v) is 3.49. The number of nitrogens with zero attached hydrogens (tertiary/aromatic N) is 3. The number of anilines is 1. The highest BCUT2D eigenvalue weighted by molar-refractivity contribution is 7.16. The van der Waals surface area contributed by atoms with Crippen LogP contribution in [0.25, 0.3) is 0 Å². The van der Waals surface area contributed by atoms with Gasteiger partial charge in [-0.15, -0.1) is 11.3 Å². The quantitative estimate of drug-likeness (QED) is 0.494. The van der Waals surface area contributed by atoms with Crippen molar-refractivity contribution in [1.82, 2.24) is 9.78 Å². The van der Waals surface area contributed by atoms with Crippen LogP contribution in [0.5, 0.6) is 0 Å². The van der Waals surface area contributed by atoms with Gasteiger partial charge in [-0.25, -0.2) is 4.79 Å². The Hall–Kier alpha value is -2.75. The van der Waals surface area contributed by atoms with Crippen LogP contribution in [-0.2, 0) is 11.8 Å². The van der Waals surface area contributed by atoms with E-state index >= 15 is 0 Å². The van der Waals surface area contributed by atoms with Crippen molar-refractivity contribution in [2.75, 3.05) is 11.9 Å². The van der Waals surface area contributed by atoms with Gasteiger partial charge in [-0.05, 0) is 33.3 Å². The van der Waals surface area contributed by atoms with Crippen LogP contribution in [0.15, 0.2) is 0 Å². The van der Waals surface area contributed by atoms with E-state index in [0.717, 1.165) is 9.56 Å². The molecule has 25 heavy (non-hydrogen) atoms. The Morgan fingerprint density at radius 2 is 2.00 bits per heavy atom. The van der Waals surface area contributed by atoms with Gasteiger partial charge in [0.2, 0.25) is 5.69 Å². The maximum absolute atomic E-state index is 12.6. The van der Waals surface area contributed by atoms with E-state index in [2.05, 4.69) is 10.4 Å². The summed E-state index contributed by atoms with van der Waals surface area (Å²) in [5, 5.41) is 18.1. The molecule has 2 heterocycles. The number of aromatic nitrogens is 2. The number of nitro groups is 1. The second-order valence-electron chi connectivity index (χ2n) is 5.33. The molecule has 9 nitrogen and oxygen atoms in total. The first kappa shape index (κ1) is 18.6. The lowest BCUT2D eigenvalue weighted by atomic mass is 10.1. The van der Waals surface area contributed by atoms with E-state index in [9.17, 15) is 19.7 Å². The first-order valence-corrected chi connectivity index (χ1v) is 8.27. The maximum atomic E-state index is 12.6. The van der Waals surface area contributed by atoms with E-state index in [1.54, 1.807) is 13.8 Å². The molecule has 0 aromatic carbocycles. The van der Waals surface area contributed by atoms with Crippen LogP contribution >= 0.6 is 11.3 Å². The number of aryl methyl sites for hydroxylation is 3. The van der Waals surface area contributed by atoms with Gasteiger partial charge in [0.25, 0.3) is 5.91 Å². The highest BCUT2D eigenvalue weighted by atomic mass is 32.1. The van der Waals surface area contributed by atoms with Gasteiger partial charge in [0.15, 0.2) is 0 Å². The summed E-state index contributed by atoms with van der Waals surface area (Å²) in [4.78, 5) is 36.2. The van der Waals surface area contributed by atoms with Gasteiger partial charge in [-0.1, -0.05) is 0 Å². The van der Waals surface area contributed by atoms with Crippen LogP contribution in [0, 0.1) is 30.9 Å². The first-order valence-electron chi connectivity index (χ1n) is 7.45. The average Bonchev–Trinajstić information content (AvgIpc) is 2.95. The van der Waals surface area contributed by atoms with Gasteiger partial charge in [-0.3, -0.25) is 19.6 Å². The van der Waals surface area contributed by atoms with Crippen LogP contribution in [0.4, 0.5) is 10.7 Å². The molecule has 0 fully saturated rings. The van der Waals surface area contributed by atoms with Crippen molar-refractivity contribution < 1.29 is 19.2 Å². The summed E-state index contributed by atoms with van der Waals surface area (Å²) in [7, 11) is 1.45. The SMILES string of the molecule is CCOC(=O)c1c(NC(=O)c2c([N+](=O)[O-])c(C)nn2C)sc(C)c1C. The zero-order valence-corrected chi connectivity index (χ0v) is 15.3. The highest BCUT2D eigenvalue weighted by Gasteiger charge is 2.31. The number of esters is 1. The second-order valence-corrected chi connectivity index (χ2v) is 6.55. The van der Waals surface area contributed by atoms with E-state index in [-0.39, 0.29) is 29.2 Å².